The third kappa shape index (κ3) is 4.05. The van der Waals surface area contributed by atoms with Crippen LogP contribution in [-0.2, 0) is 16.1 Å². The normalized spacial score (nSPS) is 30.9. The smallest absolute Gasteiger partial charge is 0.129 e. The van der Waals surface area contributed by atoms with Crippen molar-refractivity contribution in [1.29, 1.82) is 0 Å². The number of carbonyl (C=O) groups is 1. The Hall–Kier alpha value is -1.22. The molecule has 0 aromatic heterocycles. The van der Waals surface area contributed by atoms with Gasteiger partial charge in [-0.15, -0.1) is 0 Å². The summed E-state index contributed by atoms with van der Waals surface area (Å²) in [4.78, 5) is 10.9. The van der Waals surface area contributed by atoms with Gasteiger partial charge >= 0.3 is 0 Å². The average molecular weight is 332 g/mol. The van der Waals surface area contributed by atoms with Gasteiger partial charge in [0.1, 0.15) is 12.1 Å². The van der Waals surface area contributed by atoms with Crippen molar-refractivity contribution < 1.29 is 13.9 Å². The molecule has 132 valence electrons. The number of aldehydes is 1. The summed E-state index contributed by atoms with van der Waals surface area (Å²) in [5, 5.41) is 0. The molecule has 24 heavy (non-hydrogen) atoms. The Labute approximate surface area is 144 Å². The highest BCUT2D eigenvalue weighted by molar-refractivity contribution is 5.53. The molecule has 0 spiro atoms. The molecule has 0 radical (unpaired) electrons. The maximum Gasteiger partial charge on any atom is 0.129 e. The Kier molecular flexibility index (Phi) is 6.04. The van der Waals surface area contributed by atoms with Crippen LogP contribution in [0.5, 0.6) is 0 Å². The van der Waals surface area contributed by atoms with E-state index in [-0.39, 0.29) is 5.82 Å². The summed E-state index contributed by atoms with van der Waals surface area (Å²) in [6.45, 7) is 0.336. The van der Waals surface area contributed by atoms with Crippen molar-refractivity contribution in [2.24, 2.45) is 17.8 Å². The van der Waals surface area contributed by atoms with E-state index in [1.54, 1.807) is 13.2 Å². The van der Waals surface area contributed by atoms with Crippen LogP contribution in [0.25, 0.3) is 0 Å². The van der Waals surface area contributed by atoms with Crippen LogP contribution in [0.4, 0.5) is 4.39 Å². The number of hydrogen-bond donors (Lipinski definition) is 0. The molecule has 0 heterocycles. The first-order valence-electron chi connectivity index (χ1n) is 9.43. The lowest BCUT2D eigenvalue weighted by Crippen LogP contribution is -2.25. The maximum absolute atomic E-state index is 14.1. The van der Waals surface area contributed by atoms with E-state index >= 15 is 0 Å². The van der Waals surface area contributed by atoms with Crippen LogP contribution in [0.3, 0.4) is 0 Å². The van der Waals surface area contributed by atoms with Crippen molar-refractivity contribution in [3.8, 4) is 0 Å². The summed E-state index contributed by atoms with van der Waals surface area (Å²) in [6, 6.07) is 5.67. The lowest BCUT2D eigenvalue weighted by molar-refractivity contribution is -0.112. The van der Waals surface area contributed by atoms with Gasteiger partial charge in [0.15, 0.2) is 0 Å². The number of hydrogen-bond acceptors (Lipinski definition) is 2. The van der Waals surface area contributed by atoms with Gasteiger partial charge in [0, 0.05) is 18.6 Å². The van der Waals surface area contributed by atoms with E-state index in [0.29, 0.717) is 24.0 Å². The van der Waals surface area contributed by atoms with Gasteiger partial charge in [-0.05, 0) is 80.8 Å². The molecule has 0 amide bonds. The van der Waals surface area contributed by atoms with E-state index in [1.807, 2.05) is 6.07 Å². The van der Waals surface area contributed by atoms with E-state index in [1.165, 1.54) is 38.5 Å². The largest absolute Gasteiger partial charge is 0.380 e. The zero-order chi connectivity index (χ0) is 16.9. The average Bonchev–Trinajstić information content (AvgIpc) is 2.64. The van der Waals surface area contributed by atoms with Gasteiger partial charge in [-0.1, -0.05) is 12.1 Å². The lowest BCUT2D eigenvalue weighted by Gasteiger charge is -2.37. The summed E-state index contributed by atoms with van der Waals surface area (Å²) in [6.07, 6.45) is 10.6. The Balaban J connectivity index is 1.53. The van der Waals surface area contributed by atoms with Gasteiger partial charge in [0.2, 0.25) is 0 Å². The first kappa shape index (κ1) is 17.6. The van der Waals surface area contributed by atoms with E-state index in [0.717, 1.165) is 36.5 Å². The van der Waals surface area contributed by atoms with Crippen LogP contribution in [-0.4, -0.2) is 13.4 Å². The van der Waals surface area contributed by atoms with Crippen LogP contribution in [0.2, 0.25) is 0 Å². The number of methoxy groups -OCH3 is 1. The fourth-order valence-corrected chi connectivity index (χ4v) is 4.77. The molecule has 1 aromatic carbocycles. The second-order valence-corrected chi connectivity index (χ2v) is 7.71. The van der Waals surface area contributed by atoms with Crippen molar-refractivity contribution in [1.82, 2.24) is 0 Å². The SMILES string of the molecule is COCc1ccc([C@H]2CC[C@H]([C@H]3CC[C@H](C=O)CC3)CC2)cc1F. The Morgan fingerprint density at radius 2 is 1.67 bits per heavy atom. The van der Waals surface area contributed by atoms with Crippen LogP contribution >= 0.6 is 0 Å². The zero-order valence-corrected chi connectivity index (χ0v) is 14.7. The Bertz CT molecular complexity index is 541. The number of benzene rings is 1. The van der Waals surface area contributed by atoms with Gasteiger partial charge in [0.25, 0.3) is 0 Å². The summed E-state index contributed by atoms with van der Waals surface area (Å²) < 4.78 is 19.2. The standard InChI is InChI=1S/C21H29FO2/c1-24-14-20-11-10-19(12-21(20)22)18-8-6-17(7-9-18)16-4-2-15(13-23)3-5-16/h10-13,15-18H,2-9,14H2,1H3/t15-,16-,17-,18-. The molecule has 3 rings (SSSR count). The highest BCUT2D eigenvalue weighted by atomic mass is 19.1. The second-order valence-electron chi connectivity index (χ2n) is 7.71. The summed E-state index contributed by atoms with van der Waals surface area (Å²) in [5.41, 5.74) is 1.79. The van der Waals surface area contributed by atoms with E-state index in [4.69, 9.17) is 4.74 Å². The Morgan fingerprint density at radius 1 is 1.04 bits per heavy atom. The number of carbonyl (C=O) groups excluding carboxylic acids is 1. The van der Waals surface area contributed by atoms with Crippen molar-refractivity contribution >= 4 is 6.29 Å². The molecular formula is C21H29FO2. The van der Waals surface area contributed by atoms with Gasteiger partial charge in [-0.2, -0.15) is 0 Å². The predicted octanol–water partition coefficient (Wildman–Crippen LogP) is 5.25. The van der Waals surface area contributed by atoms with Crippen LogP contribution in [0.1, 0.15) is 68.4 Å². The topological polar surface area (TPSA) is 26.3 Å². The molecule has 2 aliphatic carbocycles. The highest BCUT2D eigenvalue weighted by Gasteiger charge is 2.31. The first-order chi connectivity index (χ1) is 11.7. The summed E-state index contributed by atoms with van der Waals surface area (Å²) in [5.74, 6) is 2.29. The molecule has 2 fully saturated rings. The predicted molar refractivity (Wildman–Crippen MR) is 93.3 cm³/mol. The van der Waals surface area contributed by atoms with Crippen LogP contribution in [0, 0.1) is 23.6 Å². The molecule has 1 aromatic rings. The molecule has 0 N–H and O–H groups in total. The summed E-state index contributed by atoms with van der Waals surface area (Å²) >= 11 is 0. The molecule has 3 heteroatoms. The first-order valence-corrected chi connectivity index (χ1v) is 9.43. The molecule has 2 nitrogen and oxygen atoms in total. The fourth-order valence-electron chi connectivity index (χ4n) is 4.77. The van der Waals surface area contributed by atoms with Crippen molar-refractivity contribution in [3.05, 3.63) is 35.1 Å². The van der Waals surface area contributed by atoms with Gasteiger partial charge in [0.05, 0.1) is 6.61 Å². The van der Waals surface area contributed by atoms with Crippen LogP contribution < -0.4 is 0 Å². The van der Waals surface area contributed by atoms with Crippen molar-refractivity contribution in [2.75, 3.05) is 7.11 Å². The van der Waals surface area contributed by atoms with Gasteiger partial charge < -0.3 is 9.53 Å². The Morgan fingerprint density at radius 3 is 2.21 bits per heavy atom. The molecule has 0 bridgehead atoms. The third-order valence-electron chi connectivity index (χ3n) is 6.30. The minimum atomic E-state index is -0.136. The number of ether oxygens (including phenoxy) is 1. The fraction of sp³-hybridized carbons (Fsp3) is 0.667. The number of rotatable bonds is 5. The third-order valence-corrected chi connectivity index (χ3v) is 6.30. The minimum Gasteiger partial charge on any atom is -0.380 e. The van der Waals surface area contributed by atoms with E-state index < -0.39 is 0 Å². The zero-order valence-electron chi connectivity index (χ0n) is 14.7. The monoisotopic (exact) mass is 332 g/mol. The molecule has 0 aliphatic heterocycles. The molecule has 0 saturated heterocycles. The van der Waals surface area contributed by atoms with Gasteiger partial charge in [-0.25, -0.2) is 4.39 Å². The van der Waals surface area contributed by atoms with Crippen LogP contribution in [0.15, 0.2) is 18.2 Å². The maximum atomic E-state index is 14.1. The lowest BCUT2D eigenvalue weighted by atomic mass is 9.68. The molecule has 0 unspecified atom stereocenters. The molecular weight excluding hydrogens is 303 g/mol. The quantitative estimate of drug-likeness (QED) is 0.688. The van der Waals surface area contributed by atoms with Gasteiger partial charge in [-0.3, -0.25) is 0 Å². The number of halogens is 1. The highest BCUT2D eigenvalue weighted by Crippen LogP contribution is 2.43. The molecule has 2 aliphatic rings. The molecule has 0 atom stereocenters. The summed E-state index contributed by atoms with van der Waals surface area (Å²) in [7, 11) is 1.59. The second kappa shape index (κ2) is 8.24. The van der Waals surface area contributed by atoms with Crippen molar-refractivity contribution in [3.63, 3.8) is 0 Å². The minimum absolute atomic E-state index is 0.136. The van der Waals surface area contributed by atoms with E-state index in [2.05, 4.69) is 6.07 Å². The van der Waals surface area contributed by atoms with E-state index in [9.17, 15) is 9.18 Å². The van der Waals surface area contributed by atoms with Crippen molar-refractivity contribution in [2.45, 2.75) is 63.9 Å². The molecule has 2 saturated carbocycles.